The summed E-state index contributed by atoms with van der Waals surface area (Å²) in [4.78, 5) is 0. The topological polar surface area (TPSA) is 74.9 Å². The van der Waals surface area contributed by atoms with Crippen LogP contribution < -0.4 is 5.73 Å². The number of aromatic nitrogens is 2. The van der Waals surface area contributed by atoms with Gasteiger partial charge in [-0.2, -0.15) is 5.10 Å². The molecule has 0 saturated heterocycles. The van der Waals surface area contributed by atoms with E-state index in [2.05, 4.69) is 24.0 Å². The minimum Gasteiger partial charge on any atom is -0.384 e. The van der Waals surface area contributed by atoms with Crippen molar-refractivity contribution in [3.05, 3.63) is 17.5 Å². The quantitative estimate of drug-likeness (QED) is 0.678. The van der Waals surface area contributed by atoms with Crippen molar-refractivity contribution in [1.29, 1.82) is 0 Å². The van der Waals surface area contributed by atoms with E-state index >= 15 is 0 Å². The first-order valence-electron chi connectivity index (χ1n) is 5.46. The van der Waals surface area contributed by atoms with Crippen molar-refractivity contribution in [3.63, 3.8) is 0 Å². The first kappa shape index (κ1) is 10.6. The van der Waals surface area contributed by atoms with Gasteiger partial charge in [-0.05, 0) is 31.2 Å². The van der Waals surface area contributed by atoms with Gasteiger partial charge in [-0.15, -0.1) is 0 Å². The van der Waals surface area contributed by atoms with Gasteiger partial charge in [0.1, 0.15) is 0 Å². The maximum Gasteiger partial charge on any atom is 0.0992 e. The third-order valence-electron chi connectivity index (χ3n) is 3.79. The molecule has 4 N–H and O–H groups in total. The zero-order valence-electron chi connectivity index (χ0n) is 9.38. The average molecular weight is 209 g/mol. The third-order valence-corrected chi connectivity index (χ3v) is 3.79. The standard InChI is InChI=1S/C11H19N3O/c1-10(2)4-3-9-8(7-13-14-9)11(10,15)5-6-12/h7,15H,3-6,12H2,1-2H3,(H,13,14). The van der Waals surface area contributed by atoms with Crippen LogP contribution in [0.15, 0.2) is 6.20 Å². The Morgan fingerprint density at radius 3 is 3.00 bits per heavy atom. The van der Waals surface area contributed by atoms with Crippen molar-refractivity contribution in [2.75, 3.05) is 6.54 Å². The minimum absolute atomic E-state index is 0.136. The highest BCUT2D eigenvalue weighted by atomic mass is 16.3. The molecule has 4 nitrogen and oxygen atoms in total. The summed E-state index contributed by atoms with van der Waals surface area (Å²) >= 11 is 0. The second-order valence-corrected chi connectivity index (χ2v) is 5.05. The molecule has 0 aromatic carbocycles. The van der Waals surface area contributed by atoms with Gasteiger partial charge in [-0.25, -0.2) is 0 Å². The van der Waals surface area contributed by atoms with Crippen LogP contribution in [0.1, 0.15) is 37.9 Å². The van der Waals surface area contributed by atoms with Gasteiger partial charge in [-0.3, -0.25) is 5.10 Å². The Hall–Kier alpha value is -0.870. The summed E-state index contributed by atoms with van der Waals surface area (Å²) in [5.74, 6) is 0. The molecule has 1 atom stereocenters. The fraction of sp³-hybridized carbons (Fsp3) is 0.727. The Morgan fingerprint density at radius 2 is 2.33 bits per heavy atom. The first-order chi connectivity index (χ1) is 7.01. The van der Waals surface area contributed by atoms with Crippen molar-refractivity contribution in [2.45, 2.75) is 38.7 Å². The van der Waals surface area contributed by atoms with Crippen molar-refractivity contribution >= 4 is 0 Å². The minimum atomic E-state index is -0.831. The molecule has 4 heteroatoms. The van der Waals surface area contributed by atoms with E-state index in [0.717, 1.165) is 24.1 Å². The molecule has 15 heavy (non-hydrogen) atoms. The molecule has 0 bridgehead atoms. The molecule has 2 rings (SSSR count). The predicted molar refractivity (Wildman–Crippen MR) is 58.3 cm³/mol. The van der Waals surface area contributed by atoms with Crippen LogP contribution in [0.2, 0.25) is 0 Å². The molecule has 0 amide bonds. The molecule has 0 aliphatic heterocycles. The molecule has 0 fully saturated rings. The highest BCUT2D eigenvalue weighted by molar-refractivity contribution is 5.30. The SMILES string of the molecule is CC1(C)CCc2[nH]ncc2C1(O)CCN. The van der Waals surface area contributed by atoms with Crippen LogP contribution >= 0.6 is 0 Å². The number of hydrogen-bond acceptors (Lipinski definition) is 3. The number of nitrogens with zero attached hydrogens (tertiary/aromatic N) is 1. The number of aliphatic hydroxyl groups is 1. The van der Waals surface area contributed by atoms with Crippen molar-refractivity contribution in [2.24, 2.45) is 11.1 Å². The zero-order valence-corrected chi connectivity index (χ0v) is 9.38. The van der Waals surface area contributed by atoms with Crippen molar-refractivity contribution in [1.82, 2.24) is 10.2 Å². The normalized spacial score (nSPS) is 28.8. The molecule has 0 radical (unpaired) electrons. The van der Waals surface area contributed by atoms with Gasteiger partial charge in [0, 0.05) is 11.3 Å². The van der Waals surface area contributed by atoms with E-state index in [1.165, 1.54) is 0 Å². The molecule has 1 aliphatic rings. The number of H-pyrrole nitrogens is 1. The molecule has 1 aliphatic carbocycles. The molecule has 1 aromatic rings. The van der Waals surface area contributed by atoms with Crippen LogP contribution in [0.25, 0.3) is 0 Å². The first-order valence-corrected chi connectivity index (χ1v) is 5.46. The molecular formula is C11H19N3O. The summed E-state index contributed by atoms with van der Waals surface area (Å²) in [5, 5.41) is 17.8. The highest BCUT2D eigenvalue weighted by Crippen LogP contribution is 2.49. The summed E-state index contributed by atoms with van der Waals surface area (Å²) < 4.78 is 0. The van der Waals surface area contributed by atoms with E-state index in [4.69, 9.17) is 5.73 Å². The van der Waals surface area contributed by atoms with Gasteiger partial charge in [0.05, 0.1) is 11.8 Å². The van der Waals surface area contributed by atoms with E-state index in [1.807, 2.05) is 0 Å². The highest BCUT2D eigenvalue weighted by Gasteiger charge is 2.48. The van der Waals surface area contributed by atoms with Crippen molar-refractivity contribution < 1.29 is 5.11 Å². The summed E-state index contributed by atoms with van der Waals surface area (Å²) in [5.41, 5.74) is 6.63. The molecular weight excluding hydrogens is 190 g/mol. The fourth-order valence-corrected chi connectivity index (χ4v) is 2.55. The summed E-state index contributed by atoms with van der Waals surface area (Å²) in [7, 11) is 0. The maximum atomic E-state index is 10.8. The zero-order chi connectivity index (χ0) is 11.1. The van der Waals surface area contributed by atoms with Crippen LogP contribution in [0.3, 0.4) is 0 Å². The number of aromatic amines is 1. The van der Waals surface area contributed by atoms with Gasteiger partial charge in [0.2, 0.25) is 0 Å². The molecule has 1 unspecified atom stereocenters. The molecule has 0 spiro atoms. The van der Waals surface area contributed by atoms with Crippen LogP contribution in [-0.2, 0) is 12.0 Å². The lowest BCUT2D eigenvalue weighted by atomic mass is 9.63. The Labute approximate surface area is 89.9 Å². The van der Waals surface area contributed by atoms with Gasteiger partial charge >= 0.3 is 0 Å². The number of nitrogens with two attached hydrogens (primary N) is 1. The van der Waals surface area contributed by atoms with Gasteiger partial charge in [-0.1, -0.05) is 13.8 Å². The summed E-state index contributed by atoms with van der Waals surface area (Å²) in [6.45, 7) is 4.68. The number of aryl methyl sites for hydroxylation is 1. The van der Waals surface area contributed by atoms with E-state index in [1.54, 1.807) is 6.20 Å². The monoisotopic (exact) mass is 209 g/mol. The number of fused-ring (bicyclic) bond motifs is 1. The summed E-state index contributed by atoms with van der Waals surface area (Å²) in [6, 6.07) is 0. The summed E-state index contributed by atoms with van der Waals surface area (Å²) in [6.07, 6.45) is 4.24. The smallest absolute Gasteiger partial charge is 0.0992 e. The van der Waals surface area contributed by atoms with Crippen LogP contribution in [0.5, 0.6) is 0 Å². The second-order valence-electron chi connectivity index (χ2n) is 5.05. The number of hydrogen-bond donors (Lipinski definition) is 3. The third kappa shape index (κ3) is 1.40. The van der Waals surface area contributed by atoms with Crippen LogP contribution in [0, 0.1) is 5.41 Å². The Bertz CT molecular complexity index is 358. The maximum absolute atomic E-state index is 10.8. The Morgan fingerprint density at radius 1 is 1.60 bits per heavy atom. The average Bonchev–Trinajstić information content (AvgIpc) is 2.62. The molecule has 1 aromatic heterocycles. The van der Waals surface area contributed by atoms with E-state index in [-0.39, 0.29) is 5.41 Å². The molecule has 1 heterocycles. The molecule has 0 saturated carbocycles. The Balaban J connectivity index is 2.48. The lowest BCUT2D eigenvalue weighted by molar-refractivity contribution is -0.0902. The van der Waals surface area contributed by atoms with Crippen LogP contribution in [-0.4, -0.2) is 21.8 Å². The van der Waals surface area contributed by atoms with Gasteiger partial charge < -0.3 is 10.8 Å². The van der Waals surface area contributed by atoms with Crippen molar-refractivity contribution in [3.8, 4) is 0 Å². The number of rotatable bonds is 2. The van der Waals surface area contributed by atoms with Gasteiger partial charge in [0.15, 0.2) is 0 Å². The Kier molecular flexibility index (Phi) is 2.35. The fourth-order valence-electron chi connectivity index (χ4n) is 2.55. The number of nitrogens with one attached hydrogen (secondary N) is 1. The van der Waals surface area contributed by atoms with E-state index in [9.17, 15) is 5.11 Å². The van der Waals surface area contributed by atoms with E-state index in [0.29, 0.717) is 13.0 Å². The van der Waals surface area contributed by atoms with Crippen LogP contribution in [0.4, 0.5) is 0 Å². The molecule has 84 valence electrons. The lowest BCUT2D eigenvalue weighted by Crippen LogP contribution is -2.46. The largest absolute Gasteiger partial charge is 0.384 e. The van der Waals surface area contributed by atoms with Gasteiger partial charge in [0.25, 0.3) is 0 Å². The predicted octanol–water partition coefficient (Wildman–Crippen LogP) is 0.919. The van der Waals surface area contributed by atoms with E-state index < -0.39 is 5.60 Å². The lowest BCUT2D eigenvalue weighted by Gasteiger charge is -2.46. The second kappa shape index (κ2) is 3.32.